The number of nitrogens with zero attached hydrogens (tertiary/aromatic N) is 3. The quantitative estimate of drug-likeness (QED) is 0.825. The number of rotatable bonds is 4. The van der Waals surface area contributed by atoms with Gasteiger partial charge in [-0.2, -0.15) is 13.2 Å². The molecule has 1 aromatic heterocycles. The van der Waals surface area contributed by atoms with E-state index in [1.165, 1.54) is 6.20 Å². The van der Waals surface area contributed by atoms with E-state index in [0.717, 1.165) is 31.5 Å². The van der Waals surface area contributed by atoms with Crippen LogP contribution in [-0.4, -0.2) is 41.0 Å². The lowest BCUT2D eigenvalue weighted by Crippen LogP contribution is -2.32. The van der Waals surface area contributed by atoms with Crippen molar-refractivity contribution in [2.24, 2.45) is 0 Å². The van der Waals surface area contributed by atoms with Crippen molar-refractivity contribution in [1.29, 1.82) is 0 Å². The molecule has 0 unspecified atom stereocenters. The second-order valence-corrected chi connectivity index (χ2v) is 6.54. The van der Waals surface area contributed by atoms with E-state index in [0.29, 0.717) is 30.3 Å². The van der Waals surface area contributed by atoms with Crippen LogP contribution < -0.4 is 5.32 Å². The Labute approximate surface area is 149 Å². The van der Waals surface area contributed by atoms with Crippen LogP contribution in [-0.2, 0) is 6.18 Å². The van der Waals surface area contributed by atoms with Crippen molar-refractivity contribution >= 4 is 5.95 Å². The van der Waals surface area contributed by atoms with E-state index < -0.39 is 17.6 Å². The number of halogens is 4. The second kappa shape index (κ2) is 7.19. The molecule has 3 rings (SSSR count). The fraction of sp³-hybridized carbons (Fsp3) is 0.444. The van der Waals surface area contributed by atoms with Gasteiger partial charge in [-0.25, -0.2) is 14.4 Å². The Balaban J connectivity index is 1.84. The number of anilines is 1. The molecule has 0 amide bonds. The number of likely N-dealkylation sites (N-methyl/N-ethyl adjacent to an activating group) is 1. The van der Waals surface area contributed by atoms with Gasteiger partial charge in [-0.05, 0) is 51.1 Å². The molecule has 1 fully saturated rings. The highest BCUT2D eigenvalue weighted by molar-refractivity contribution is 5.69. The summed E-state index contributed by atoms with van der Waals surface area (Å²) in [6.45, 7) is 3.35. The molecule has 0 bridgehead atoms. The van der Waals surface area contributed by atoms with Crippen LogP contribution in [0, 0.1) is 12.7 Å². The van der Waals surface area contributed by atoms with Gasteiger partial charge in [0.2, 0.25) is 5.95 Å². The normalized spacial score (nSPS) is 18.3. The molecule has 2 heterocycles. The molecule has 0 saturated carbocycles. The van der Waals surface area contributed by atoms with Gasteiger partial charge in [0.25, 0.3) is 0 Å². The molecule has 0 radical (unpaired) electrons. The molecule has 2 aromatic rings. The second-order valence-electron chi connectivity index (χ2n) is 6.54. The summed E-state index contributed by atoms with van der Waals surface area (Å²) in [5.41, 5.74) is -0.517. The molecule has 0 aliphatic carbocycles. The van der Waals surface area contributed by atoms with Crippen LogP contribution in [0.4, 0.5) is 23.5 Å². The molecule has 140 valence electrons. The number of hydrogen-bond acceptors (Lipinski definition) is 4. The minimum atomic E-state index is -4.66. The van der Waals surface area contributed by atoms with Gasteiger partial charge in [-0.15, -0.1) is 0 Å². The zero-order chi connectivity index (χ0) is 18.9. The summed E-state index contributed by atoms with van der Waals surface area (Å²) in [5.74, 6) is -0.555. The van der Waals surface area contributed by atoms with Gasteiger partial charge in [-0.3, -0.25) is 0 Å². The van der Waals surface area contributed by atoms with Gasteiger partial charge in [0, 0.05) is 24.3 Å². The predicted molar refractivity (Wildman–Crippen MR) is 91.3 cm³/mol. The van der Waals surface area contributed by atoms with Crippen molar-refractivity contribution in [1.82, 2.24) is 14.9 Å². The van der Waals surface area contributed by atoms with E-state index in [1.54, 1.807) is 6.92 Å². The third-order valence-corrected chi connectivity index (χ3v) is 4.72. The highest BCUT2D eigenvalue weighted by Crippen LogP contribution is 2.38. The van der Waals surface area contributed by atoms with Gasteiger partial charge in [0.15, 0.2) is 0 Å². The summed E-state index contributed by atoms with van der Waals surface area (Å²) in [6, 6.07) is 3.01. The molecule has 4 nitrogen and oxygen atoms in total. The zero-order valence-corrected chi connectivity index (χ0v) is 14.6. The fourth-order valence-electron chi connectivity index (χ4n) is 3.25. The van der Waals surface area contributed by atoms with Crippen LogP contribution >= 0.6 is 0 Å². The Morgan fingerprint density at radius 1 is 1.27 bits per heavy atom. The number of benzene rings is 1. The highest BCUT2D eigenvalue weighted by atomic mass is 19.4. The number of nitrogens with one attached hydrogen (secondary N) is 1. The summed E-state index contributed by atoms with van der Waals surface area (Å²) in [5, 5.41) is 3.14. The average Bonchev–Trinajstić information content (AvgIpc) is 2.98. The first-order valence-corrected chi connectivity index (χ1v) is 8.40. The summed E-state index contributed by atoms with van der Waals surface area (Å²) in [6.07, 6.45) is -1.07. The molecule has 1 N–H and O–H groups in total. The minimum absolute atomic E-state index is 0.126. The van der Waals surface area contributed by atoms with E-state index in [9.17, 15) is 17.6 Å². The van der Waals surface area contributed by atoms with E-state index >= 15 is 0 Å². The maximum Gasteiger partial charge on any atom is 0.417 e. The van der Waals surface area contributed by atoms with E-state index in [2.05, 4.69) is 27.2 Å². The Morgan fingerprint density at radius 3 is 2.65 bits per heavy atom. The van der Waals surface area contributed by atoms with Crippen LogP contribution in [0.2, 0.25) is 0 Å². The molecule has 1 aliphatic rings. The number of hydrogen-bond donors (Lipinski definition) is 1. The molecule has 1 aliphatic heterocycles. The Bertz CT molecular complexity index is 791. The SMILES string of the molecule is Cc1nc(NC[C@H]2CCCN2C)ncc1-c1ccc(F)cc1C(F)(F)F. The van der Waals surface area contributed by atoms with E-state index in [1.807, 2.05) is 0 Å². The summed E-state index contributed by atoms with van der Waals surface area (Å²) >= 11 is 0. The monoisotopic (exact) mass is 368 g/mol. The molecule has 1 saturated heterocycles. The zero-order valence-electron chi connectivity index (χ0n) is 14.6. The molecule has 0 spiro atoms. The third-order valence-electron chi connectivity index (χ3n) is 4.72. The standard InChI is InChI=1S/C18H20F4N4/c1-11-15(14-6-5-12(19)8-16(14)18(20,21)22)10-24-17(25-11)23-9-13-4-3-7-26(13)2/h5-6,8,10,13H,3-4,7,9H2,1-2H3,(H,23,24,25)/t13-/m1/s1. The smallest absolute Gasteiger partial charge is 0.353 e. The van der Waals surface area contributed by atoms with Crippen LogP contribution in [0.25, 0.3) is 11.1 Å². The molecular formula is C18H20F4N4. The van der Waals surface area contributed by atoms with Crippen molar-refractivity contribution < 1.29 is 17.6 Å². The van der Waals surface area contributed by atoms with Gasteiger partial charge >= 0.3 is 6.18 Å². The van der Waals surface area contributed by atoms with Crippen molar-refractivity contribution in [3.05, 3.63) is 41.5 Å². The highest BCUT2D eigenvalue weighted by Gasteiger charge is 2.34. The largest absolute Gasteiger partial charge is 0.417 e. The molecule has 1 atom stereocenters. The summed E-state index contributed by atoms with van der Waals surface area (Å²) in [7, 11) is 2.06. The molecule has 8 heteroatoms. The first-order valence-electron chi connectivity index (χ1n) is 8.40. The summed E-state index contributed by atoms with van der Waals surface area (Å²) in [4.78, 5) is 10.7. The van der Waals surface area contributed by atoms with Crippen LogP contribution in [0.5, 0.6) is 0 Å². The molecule has 1 aromatic carbocycles. The van der Waals surface area contributed by atoms with E-state index in [-0.39, 0.29) is 11.1 Å². The number of aryl methyl sites for hydroxylation is 1. The topological polar surface area (TPSA) is 41.1 Å². The third kappa shape index (κ3) is 3.95. The lowest BCUT2D eigenvalue weighted by Gasteiger charge is -2.20. The van der Waals surface area contributed by atoms with Crippen molar-refractivity contribution in [3.8, 4) is 11.1 Å². The van der Waals surface area contributed by atoms with Gasteiger partial charge < -0.3 is 10.2 Å². The number of likely N-dealkylation sites (tertiary alicyclic amines) is 1. The lowest BCUT2D eigenvalue weighted by molar-refractivity contribution is -0.137. The van der Waals surface area contributed by atoms with Gasteiger partial charge in [0.1, 0.15) is 5.82 Å². The van der Waals surface area contributed by atoms with Gasteiger partial charge in [0.05, 0.1) is 11.3 Å². The fourth-order valence-corrected chi connectivity index (χ4v) is 3.25. The maximum absolute atomic E-state index is 13.3. The Kier molecular flexibility index (Phi) is 5.13. The van der Waals surface area contributed by atoms with Crippen LogP contribution in [0.3, 0.4) is 0 Å². The van der Waals surface area contributed by atoms with Crippen molar-refractivity contribution in [2.45, 2.75) is 32.0 Å². The van der Waals surface area contributed by atoms with E-state index in [4.69, 9.17) is 0 Å². The molecule has 26 heavy (non-hydrogen) atoms. The lowest BCUT2D eigenvalue weighted by atomic mass is 9.99. The van der Waals surface area contributed by atoms with Crippen LogP contribution in [0.1, 0.15) is 24.1 Å². The van der Waals surface area contributed by atoms with Crippen LogP contribution in [0.15, 0.2) is 24.4 Å². The molecular weight excluding hydrogens is 348 g/mol. The summed E-state index contributed by atoms with van der Waals surface area (Å²) < 4.78 is 53.0. The van der Waals surface area contributed by atoms with Crippen molar-refractivity contribution in [2.75, 3.05) is 25.5 Å². The van der Waals surface area contributed by atoms with Gasteiger partial charge in [-0.1, -0.05) is 6.07 Å². The van der Waals surface area contributed by atoms with Crippen molar-refractivity contribution in [3.63, 3.8) is 0 Å². The first-order chi connectivity index (χ1) is 12.3. The number of aromatic nitrogens is 2. The maximum atomic E-state index is 13.3. The predicted octanol–water partition coefficient (Wildman–Crippen LogP) is 4.12. The first kappa shape index (κ1) is 18.6. The Hall–Kier alpha value is -2.22. The number of alkyl halides is 3. The Morgan fingerprint density at radius 2 is 2.04 bits per heavy atom. The average molecular weight is 368 g/mol. The minimum Gasteiger partial charge on any atom is -0.353 e.